The highest BCUT2D eigenvalue weighted by molar-refractivity contribution is 6.24. The summed E-state index contributed by atoms with van der Waals surface area (Å²) >= 11 is 0. The van der Waals surface area contributed by atoms with Crippen LogP contribution in [0.15, 0.2) is 35.0 Å². The van der Waals surface area contributed by atoms with E-state index in [4.69, 9.17) is 0 Å². The summed E-state index contributed by atoms with van der Waals surface area (Å²) in [6, 6.07) is 8.26. The number of carbonyl (C=O) groups excluding carboxylic acids is 1. The van der Waals surface area contributed by atoms with Gasteiger partial charge in [0.05, 0.1) is 11.3 Å². The van der Waals surface area contributed by atoms with Gasteiger partial charge in [-0.2, -0.15) is 0 Å². The Balaban J connectivity index is 2.17. The van der Waals surface area contributed by atoms with E-state index in [2.05, 4.69) is 40.9 Å². The van der Waals surface area contributed by atoms with Crippen LogP contribution in [0.1, 0.15) is 39.2 Å². The lowest BCUT2D eigenvalue weighted by Gasteiger charge is -2.23. The third-order valence-corrected chi connectivity index (χ3v) is 3.43. The zero-order valence-electron chi connectivity index (χ0n) is 12.9. The molecule has 112 valence electrons. The summed E-state index contributed by atoms with van der Waals surface area (Å²) in [6.45, 7) is 8.28. The molecule has 1 aliphatic heterocycles. The van der Waals surface area contributed by atoms with Gasteiger partial charge in [0, 0.05) is 18.8 Å². The van der Waals surface area contributed by atoms with Crippen molar-refractivity contribution < 1.29 is 9.63 Å². The molecule has 0 radical (unpaired) electrons. The summed E-state index contributed by atoms with van der Waals surface area (Å²) in [5, 5.41) is 3.68. The lowest BCUT2D eigenvalue weighted by Crippen LogP contribution is -2.24. The van der Waals surface area contributed by atoms with Crippen LogP contribution < -0.4 is 4.90 Å². The summed E-state index contributed by atoms with van der Waals surface area (Å²) in [4.78, 5) is 18.6. The van der Waals surface area contributed by atoms with Crippen molar-refractivity contribution in [1.29, 1.82) is 0 Å². The van der Waals surface area contributed by atoms with Crippen molar-refractivity contribution in [2.75, 3.05) is 18.0 Å². The zero-order chi connectivity index (χ0) is 15.2. The largest absolute Gasteiger partial charge is 0.372 e. The quantitative estimate of drug-likeness (QED) is 0.592. The van der Waals surface area contributed by atoms with Gasteiger partial charge in [0.25, 0.3) is 0 Å². The molecule has 0 bridgehead atoms. The number of benzene rings is 1. The Bertz CT molecular complexity index is 553. The third kappa shape index (κ3) is 3.72. The molecule has 0 aliphatic carbocycles. The summed E-state index contributed by atoms with van der Waals surface area (Å²) in [7, 11) is 0. The summed E-state index contributed by atoms with van der Waals surface area (Å²) in [6.07, 6.45) is 4.09. The second-order valence-corrected chi connectivity index (χ2v) is 5.19. The second-order valence-electron chi connectivity index (χ2n) is 5.19. The fraction of sp³-hybridized carbons (Fsp3) is 0.412. The Morgan fingerprint density at radius 1 is 1.14 bits per heavy atom. The molecular formula is C17H22N2O2. The number of hydrogen-bond donors (Lipinski definition) is 0. The predicted octanol–water partition coefficient (Wildman–Crippen LogP) is 3.63. The van der Waals surface area contributed by atoms with E-state index >= 15 is 0 Å². The van der Waals surface area contributed by atoms with Crippen molar-refractivity contribution in [3.05, 3.63) is 35.4 Å². The minimum absolute atomic E-state index is 0.379. The molecular weight excluding hydrogens is 264 g/mol. The molecule has 0 saturated carbocycles. The van der Waals surface area contributed by atoms with Crippen LogP contribution in [0.2, 0.25) is 0 Å². The third-order valence-electron chi connectivity index (χ3n) is 3.43. The summed E-state index contributed by atoms with van der Waals surface area (Å²) in [5.74, 6) is -0.379. The van der Waals surface area contributed by atoms with E-state index in [1.807, 2.05) is 18.2 Å². The predicted molar refractivity (Wildman–Crippen MR) is 86.4 cm³/mol. The van der Waals surface area contributed by atoms with Crippen LogP contribution in [0.4, 0.5) is 5.69 Å². The van der Waals surface area contributed by atoms with Crippen LogP contribution in [0.5, 0.6) is 0 Å². The Morgan fingerprint density at radius 2 is 1.76 bits per heavy atom. The van der Waals surface area contributed by atoms with Gasteiger partial charge < -0.3 is 9.74 Å². The molecule has 0 atom stereocenters. The van der Waals surface area contributed by atoms with Gasteiger partial charge in [0.1, 0.15) is 0 Å². The average molecular weight is 286 g/mol. The standard InChI is InChI=1S/C17H22N2O2/c1-4-10-19(11-5-2)15-8-6-14(7-9-15)12-16-13(3)18-21-17(16)20/h6-9,12H,4-5,10-11H2,1-3H3. The maximum atomic E-state index is 11.5. The van der Waals surface area contributed by atoms with Gasteiger partial charge in [-0.05, 0) is 43.5 Å². The van der Waals surface area contributed by atoms with Gasteiger partial charge in [0.2, 0.25) is 0 Å². The molecule has 0 fully saturated rings. The molecule has 0 N–H and O–H groups in total. The first-order valence-electron chi connectivity index (χ1n) is 7.48. The number of carbonyl (C=O) groups is 1. The lowest BCUT2D eigenvalue weighted by atomic mass is 10.1. The van der Waals surface area contributed by atoms with E-state index < -0.39 is 0 Å². The van der Waals surface area contributed by atoms with Gasteiger partial charge >= 0.3 is 5.97 Å². The molecule has 1 aromatic rings. The van der Waals surface area contributed by atoms with Crippen molar-refractivity contribution in [3.63, 3.8) is 0 Å². The van der Waals surface area contributed by atoms with Crippen molar-refractivity contribution in [2.45, 2.75) is 33.6 Å². The number of hydrogen-bond acceptors (Lipinski definition) is 4. The normalized spacial score (nSPS) is 16.0. The Kier molecular flexibility index (Phi) is 5.14. The molecule has 1 aliphatic rings. The summed E-state index contributed by atoms with van der Waals surface area (Å²) in [5.41, 5.74) is 3.36. The molecule has 4 nitrogen and oxygen atoms in total. The highest BCUT2D eigenvalue weighted by Crippen LogP contribution is 2.20. The van der Waals surface area contributed by atoms with Gasteiger partial charge in [-0.1, -0.05) is 31.1 Å². The smallest absolute Gasteiger partial charge is 0.367 e. The number of rotatable bonds is 6. The zero-order valence-corrected chi connectivity index (χ0v) is 12.9. The van der Waals surface area contributed by atoms with Crippen LogP contribution >= 0.6 is 0 Å². The van der Waals surface area contributed by atoms with E-state index in [0.717, 1.165) is 31.5 Å². The maximum Gasteiger partial charge on any atom is 0.367 e. The van der Waals surface area contributed by atoms with Crippen LogP contribution in [0.3, 0.4) is 0 Å². The van der Waals surface area contributed by atoms with Gasteiger partial charge in [-0.3, -0.25) is 0 Å². The van der Waals surface area contributed by atoms with Crippen molar-refractivity contribution in [2.24, 2.45) is 5.16 Å². The molecule has 21 heavy (non-hydrogen) atoms. The SMILES string of the molecule is CCCN(CCC)c1ccc(C=C2C(=O)ON=C2C)cc1. The molecule has 0 aromatic heterocycles. The molecule has 2 rings (SSSR count). The minimum Gasteiger partial charge on any atom is -0.372 e. The van der Waals surface area contributed by atoms with Crippen LogP contribution in [0.25, 0.3) is 6.08 Å². The highest BCUT2D eigenvalue weighted by Gasteiger charge is 2.21. The van der Waals surface area contributed by atoms with Crippen LogP contribution in [-0.4, -0.2) is 24.8 Å². The van der Waals surface area contributed by atoms with Crippen LogP contribution in [0, 0.1) is 0 Å². The summed E-state index contributed by atoms with van der Waals surface area (Å²) < 4.78 is 0. The topological polar surface area (TPSA) is 41.9 Å². The molecule has 1 heterocycles. The average Bonchev–Trinajstić information content (AvgIpc) is 2.80. The Hall–Kier alpha value is -2.10. The van der Waals surface area contributed by atoms with E-state index in [0.29, 0.717) is 11.3 Å². The Labute approximate surface area is 126 Å². The first-order valence-corrected chi connectivity index (χ1v) is 7.48. The van der Waals surface area contributed by atoms with Gasteiger partial charge in [0.15, 0.2) is 0 Å². The van der Waals surface area contributed by atoms with Gasteiger partial charge in [-0.15, -0.1) is 0 Å². The highest BCUT2D eigenvalue weighted by atomic mass is 16.7. The first-order chi connectivity index (χ1) is 10.2. The molecule has 0 spiro atoms. The van der Waals surface area contributed by atoms with E-state index in [1.165, 1.54) is 5.69 Å². The number of oxime groups is 1. The first kappa shape index (κ1) is 15.3. The van der Waals surface area contributed by atoms with E-state index in [9.17, 15) is 4.79 Å². The fourth-order valence-corrected chi connectivity index (χ4v) is 2.38. The van der Waals surface area contributed by atoms with Crippen LogP contribution in [-0.2, 0) is 9.63 Å². The molecule has 0 saturated heterocycles. The Morgan fingerprint density at radius 3 is 2.24 bits per heavy atom. The number of anilines is 1. The maximum absolute atomic E-state index is 11.5. The fourth-order valence-electron chi connectivity index (χ4n) is 2.38. The minimum atomic E-state index is -0.379. The molecule has 1 aromatic carbocycles. The van der Waals surface area contributed by atoms with Crippen molar-refractivity contribution in [3.8, 4) is 0 Å². The molecule has 0 amide bonds. The second kappa shape index (κ2) is 7.07. The van der Waals surface area contributed by atoms with Gasteiger partial charge in [-0.25, -0.2) is 4.79 Å². The van der Waals surface area contributed by atoms with Crippen molar-refractivity contribution >= 4 is 23.4 Å². The number of nitrogens with zero attached hydrogens (tertiary/aromatic N) is 2. The van der Waals surface area contributed by atoms with E-state index in [-0.39, 0.29) is 5.97 Å². The monoisotopic (exact) mass is 286 g/mol. The van der Waals surface area contributed by atoms with E-state index in [1.54, 1.807) is 6.92 Å². The lowest BCUT2D eigenvalue weighted by molar-refractivity contribution is -0.136. The molecule has 0 unspecified atom stereocenters. The van der Waals surface area contributed by atoms with Crippen molar-refractivity contribution in [1.82, 2.24) is 0 Å². The molecule has 4 heteroatoms.